The summed E-state index contributed by atoms with van der Waals surface area (Å²) in [5.41, 5.74) is 1.28. The second-order valence-electron chi connectivity index (χ2n) is 5.22. The smallest absolute Gasteiger partial charge is 0.234 e. The van der Waals surface area contributed by atoms with E-state index in [1.807, 2.05) is 18.2 Å². The van der Waals surface area contributed by atoms with Crippen LogP contribution in [-0.4, -0.2) is 57.2 Å². The number of nitrogens with zero attached hydrogens (tertiary/aromatic N) is 1. The van der Waals surface area contributed by atoms with Gasteiger partial charge in [0.2, 0.25) is 5.91 Å². The molecule has 0 radical (unpaired) electrons. The Morgan fingerprint density at radius 3 is 2.71 bits per heavy atom. The van der Waals surface area contributed by atoms with Crippen LogP contribution in [0.1, 0.15) is 12.5 Å². The number of methoxy groups -OCH3 is 1. The molecule has 0 aromatic heterocycles. The van der Waals surface area contributed by atoms with E-state index in [4.69, 9.17) is 4.74 Å². The summed E-state index contributed by atoms with van der Waals surface area (Å²) in [7, 11) is 3.71. The molecule has 2 N–H and O–H groups in total. The molecule has 0 heterocycles. The standard InChI is InChI=1S/C16H27N3O2/c1-14(11-18-16(20)12-17-9-10-21-3)19(2)13-15-7-5-4-6-8-15/h4-8,14,17H,9-13H2,1-3H3,(H,18,20). The average Bonchev–Trinajstić information content (AvgIpc) is 2.50. The molecule has 21 heavy (non-hydrogen) atoms. The van der Waals surface area contributed by atoms with Crippen LogP contribution in [0.3, 0.4) is 0 Å². The van der Waals surface area contributed by atoms with Crippen LogP contribution >= 0.6 is 0 Å². The van der Waals surface area contributed by atoms with Crippen molar-refractivity contribution in [3.63, 3.8) is 0 Å². The van der Waals surface area contributed by atoms with Crippen LogP contribution in [0.5, 0.6) is 0 Å². The number of amides is 1. The van der Waals surface area contributed by atoms with Gasteiger partial charge in [-0.1, -0.05) is 30.3 Å². The quantitative estimate of drug-likeness (QED) is 0.628. The van der Waals surface area contributed by atoms with Crippen molar-refractivity contribution in [1.82, 2.24) is 15.5 Å². The van der Waals surface area contributed by atoms with Gasteiger partial charge in [-0.3, -0.25) is 9.69 Å². The van der Waals surface area contributed by atoms with Gasteiger partial charge in [-0.2, -0.15) is 0 Å². The summed E-state index contributed by atoms with van der Waals surface area (Å²) in [6.07, 6.45) is 0. The van der Waals surface area contributed by atoms with Crippen molar-refractivity contribution in [2.45, 2.75) is 19.5 Å². The van der Waals surface area contributed by atoms with Crippen molar-refractivity contribution in [2.75, 3.05) is 40.4 Å². The van der Waals surface area contributed by atoms with Gasteiger partial charge in [0.05, 0.1) is 13.2 Å². The lowest BCUT2D eigenvalue weighted by atomic mass is 10.2. The van der Waals surface area contributed by atoms with E-state index in [1.165, 1.54) is 5.56 Å². The molecule has 1 aromatic rings. The third-order valence-electron chi connectivity index (χ3n) is 3.39. The van der Waals surface area contributed by atoms with Gasteiger partial charge in [-0.15, -0.1) is 0 Å². The predicted molar refractivity (Wildman–Crippen MR) is 85.1 cm³/mol. The number of likely N-dealkylation sites (N-methyl/N-ethyl adjacent to an activating group) is 1. The number of carbonyl (C=O) groups is 1. The van der Waals surface area contributed by atoms with Crippen LogP contribution in [0.2, 0.25) is 0 Å². The van der Waals surface area contributed by atoms with E-state index in [9.17, 15) is 4.79 Å². The highest BCUT2D eigenvalue weighted by Gasteiger charge is 2.10. The molecule has 0 saturated carbocycles. The summed E-state index contributed by atoms with van der Waals surface area (Å²) in [5, 5.41) is 5.97. The maximum absolute atomic E-state index is 11.7. The lowest BCUT2D eigenvalue weighted by Crippen LogP contribution is -2.43. The number of rotatable bonds is 10. The normalized spacial score (nSPS) is 12.4. The third kappa shape index (κ3) is 7.80. The van der Waals surface area contributed by atoms with Crippen molar-refractivity contribution in [3.05, 3.63) is 35.9 Å². The van der Waals surface area contributed by atoms with E-state index in [2.05, 4.69) is 41.6 Å². The van der Waals surface area contributed by atoms with Gasteiger partial charge < -0.3 is 15.4 Å². The Bertz CT molecular complexity index is 398. The highest BCUT2D eigenvalue weighted by atomic mass is 16.5. The number of hydrogen-bond acceptors (Lipinski definition) is 4. The molecule has 1 atom stereocenters. The van der Waals surface area contributed by atoms with Crippen molar-refractivity contribution < 1.29 is 9.53 Å². The molecule has 0 aliphatic heterocycles. The minimum absolute atomic E-state index is 0.0195. The zero-order valence-corrected chi connectivity index (χ0v) is 13.3. The summed E-state index contributed by atoms with van der Waals surface area (Å²) in [4.78, 5) is 13.9. The molecule has 1 amide bonds. The summed E-state index contributed by atoms with van der Waals surface area (Å²) < 4.78 is 4.91. The zero-order valence-electron chi connectivity index (χ0n) is 13.3. The Morgan fingerprint density at radius 1 is 1.33 bits per heavy atom. The minimum atomic E-state index is 0.0195. The molecule has 5 heteroatoms. The monoisotopic (exact) mass is 293 g/mol. The Kier molecular flexibility index (Phi) is 8.66. The van der Waals surface area contributed by atoms with Crippen molar-refractivity contribution >= 4 is 5.91 Å². The lowest BCUT2D eigenvalue weighted by molar-refractivity contribution is -0.120. The summed E-state index contributed by atoms with van der Waals surface area (Å²) in [5.74, 6) is 0.0195. The maximum Gasteiger partial charge on any atom is 0.234 e. The van der Waals surface area contributed by atoms with Crippen LogP contribution in [-0.2, 0) is 16.1 Å². The van der Waals surface area contributed by atoms with Crippen LogP contribution in [0, 0.1) is 0 Å². The first-order valence-electron chi connectivity index (χ1n) is 7.34. The van der Waals surface area contributed by atoms with Gasteiger partial charge in [0.25, 0.3) is 0 Å². The molecule has 0 aliphatic carbocycles. The molecule has 0 bridgehead atoms. The summed E-state index contributed by atoms with van der Waals surface area (Å²) >= 11 is 0. The van der Waals surface area contributed by atoms with Gasteiger partial charge in [0, 0.05) is 32.8 Å². The largest absolute Gasteiger partial charge is 0.383 e. The Hall–Kier alpha value is -1.43. The Labute approximate surface area is 127 Å². The lowest BCUT2D eigenvalue weighted by Gasteiger charge is -2.25. The number of benzene rings is 1. The first-order valence-corrected chi connectivity index (χ1v) is 7.34. The number of ether oxygens (including phenoxy) is 1. The molecule has 1 rings (SSSR count). The molecular weight excluding hydrogens is 266 g/mol. The van der Waals surface area contributed by atoms with Gasteiger partial charge in [-0.25, -0.2) is 0 Å². The minimum Gasteiger partial charge on any atom is -0.383 e. The van der Waals surface area contributed by atoms with E-state index < -0.39 is 0 Å². The molecule has 1 unspecified atom stereocenters. The maximum atomic E-state index is 11.7. The number of hydrogen-bond donors (Lipinski definition) is 2. The molecule has 5 nitrogen and oxygen atoms in total. The fraction of sp³-hybridized carbons (Fsp3) is 0.562. The second-order valence-corrected chi connectivity index (χ2v) is 5.22. The van der Waals surface area contributed by atoms with E-state index in [-0.39, 0.29) is 11.9 Å². The SMILES string of the molecule is COCCNCC(=O)NCC(C)N(C)Cc1ccccc1. The van der Waals surface area contributed by atoms with Gasteiger partial charge >= 0.3 is 0 Å². The number of carbonyl (C=O) groups excluding carboxylic acids is 1. The van der Waals surface area contributed by atoms with E-state index >= 15 is 0 Å². The van der Waals surface area contributed by atoms with Crippen molar-refractivity contribution in [3.8, 4) is 0 Å². The van der Waals surface area contributed by atoms with E-state index in [0.29, 0.717) is 26.2 Å². The average molecular weight is 293 g/mol. The first kappa shape index (κ1) is 17.6. The van der Waals surface area contributed by atoms with Gasteiger partial charge in [-0.05, 0) is 19.5 Å². The highest BCUT2D eigenvalue weighted by Crippen LogP contribution is 2.05. The number of nitrogens with one attached hydrogen (secondary N) is 2. The predicted octanol–water partition coefficient (Wildman–Crippen LogP) is 0.859. The molecule has 1 aromatic carbocycles. The van der Waals surface area contributed by atoms with Crippen molar-refractivity contribution in [2.24, 2.45) is 0 Å². The zero-order chi connectivity index (χ0) is 15.5. The highest BCUT2D eigenvalue weighted by molar-refractivity contribution is 5.77. The fourth-order valence-electron chi connectivity index (χ4n) is 1.88. The molecular formula is C16H27N3O2. The van der Waals surface area contributed by atoms with E-state index in [1.54, 1.807) is 7.11 Å². The van der Waals surface area contributed by atoms with Gasteiger partial charge in [0.1, 0.15) is 0 Å². The van der Waals surface area contributed by atoms with Crippen LogP contribution in [0.25, 0.3) is 0 Å². The Morgan fingerprint density at radius 2 is 2.05 bits per heavy atom. The molecule has 118 valence electrons. The van der Waals surface area contributed by atoms with Crippen LogP contribution < -0.4 is 10.6 Å². The topological polar surface area (TPSA) is 53.6 Å². The van der Waals surface area contributed by atoms with Crippen LogP contribution in [0.4, 0.5) is 0 Å². The summed E-state index contributed by atoms with van der Waals surface area (Å²) in [6.45, 7) is 5.27. The molecule has 0 spiro atoms. The molecule has 0 saturated heterocycles. The first-order chi connectivity index (χ1) is 10.1. The molecule has 0 fully saturated rings. The van der Waals surface area contributed by atoms with Gasteiger partial charge in [0.15, 0.2) is 0 Å². The second kappa shape index (κ2) is 10.3. The Balaban J connectivity index is 2.20. The van der Waals surface area contributed by atoms with Crippen molar-refractivity contribution in [1.29, 1.82) is 0 Å². The third-order valence-corrected chi connectivity index (χ3v) is 3.39. The summed E-state index contributed by atoms with van der Waals surface area (Å²) in [6, 6.07) is 10.6. The van der Waals surface area contributed by atoms with Crippen LogP contribution in [0.15, 0.2) is 30.3 Å². The molecule has 0 aliphatic rings. The van der Waals surface area contributed by atoms with E-state index in [0.717, 1.165) is 6.54 Å². The fourth-order valence-corrected chi connectivity index (χ4v) is 1.88.